The van der Waals surface area contributed by atoms with E-state index >= 15 is 0 Å². The van der Waals surface area contributed by atoms with E-state index in [0.29, 0.717) is 23.1 Å². The molecule has 1 amide bonds. The predicted molar refractivity (Wildman–Crippen MR) is 162 cm³/mol. The molecular weight excluding hydrogens is 531 g/mol. The lowest BCUT2D eigenvalue weighted by atomic mass is 10.0. The molecule has 3 N–H and O–H groups in total. The highest BCUT2D eigenvalue weighted by Gasteiger charge is 2.26. The van der Waals surface area contributed by atoms with Crippen molar-refractivity contribution in [1.82, 2.24) is 25.2 Å². The summed E-state index contributed by atoms with van der Waals surface area (Å²) in [4.78, 5) is 30.8. The molecule has 3 heterocycles. The van der Waals surface area contributed by atoms with Crippen LogP contribution in [0.25, 0.3) is 22.3 Å². The van der Waals surface area contributed by atoms with E-state index in [9.17, 15) is 14.3 Å². The first-order valence-corrected chi connectivity index (χ1v) is 14.0. The topological polar surface area (TPSA) is 97.4 Å². The van der Waals surface area contributed by atoms with Crippen LogP contribution in [-0.4, -0.2) is 64.1 Å². The summed E-state index contributed by atoms with van der Waals surface area (Å²) in [5.41, 5.74) is 4.71. The fourth-order valence-electron chi connectivity index (χ4n) is 5.62. The number of aromatic nitrogens is 3. The Morgan fingerprint density at radius 2 is 1.88 bits per heavy atom. The molecule has 6 rings (SSSR count). The molecular formula is C33H33FN6O2. The van der Waals surface area contributed by atoms with E-state index in [1.807, 2.05) is 55.7 Å². The molecule has 3 aromatic carbocycles. The number of rotatable bonds is 7. The third kappa shape index (κ3) is 5.56. The number of nitrogens with one attached hydrogen (secondary N) is 2. The SMILES string of the molecule is Cc1cc(C(=O)NC(c2cc3ccccc3[nH]2)c2cc(F)ccc2O)cc(-c2ncc(N3CC[C@@H](N(C)C)C3)cn2)c1. The number of amides is 1. The van der Waals surface area contributed by atoms with Crippen molar-refractivity contribution < 1.29 is 14.3 Å². The highest BCUT2D eigenvalue weighted by molar-refractivity contribution is 5.96. The van der Waals surface area contributed by atoms with Crippen molar-refractivity contribution in [3.8, 4) is 17.1 Å². The Morgan fingerprint density at radius 3 is 2.62 bits per heavy atom. The third-order valence-electron chi connectivity index (χ3n) is 7.93. The van der Waals surface area contributed by atoms with Crippen molar-refractivity contribution in [1.29, 1.82) is 0 Å². The van der Waals surface area contributed by atoms with E-state index < -0.39 is 11.9 Å². The molecule has 8 nitrogen and oxygen atoms in total. The number of aromatic hydroxyl groups is 1. The van der Waals surface area contributed by atoms with E-state index in [4.69, 9.17) is 0 Å². The number of carbonyl (C=O) groups excluding carboxylic acids is 1. The molecule has 9 heteroatoms. The van der Waals surface area contributed by atoms with Crippen molar-refractivity contribution in [2.24, 2.45) is 0 Å². The Labute approximate surface area is 243 Å². The Morgan fingerprint density at radius 1 is 1.10 bits per heavy atom. The lowest BCUT2D eigenvalue weighted by Crippen LogP contribution is -2.31. The molecule has 1 unspecified atom stereocenters. The number of anilines is 1. The summed E-state index contributed by atoms with van der Waals surface area (Å²) in [6, 6.07) is 18.5. The first-order chi connectivity index (χ1) is 20.2. The van der Waals surface area contributed by atoms with Crippen molar-refractivity contribution >= 4 is 22.5 Å². The summed E-state index contributed by atoms with van der Waals surface area (Å²) in [7, 11) is 4.20. The maximum Gasteiger partial charge on any atom is 0.252 e. The normalized spacial score (nSPS) is 15.8. The minimum Gasteiger partial charge on any atom is -0.508 e. The number of halogens is 1. The second-order valence-corrected chi connectivity index (χ2v) is 11.1. The highest BCUT2D eigenvalue weighted by Crippen LogP contribution is 2.32. The van der Waals surface area contributed by atoms with Gasteiger partial charge in [-0.05, 0) is 86.9 Å². The van der Waals surface area contributed by atoms with Gasteiger partial charge >= 0.3 is 0 Å². The lowest BCUT2D eigenvalue weighted by molar-refractivity contribution is 0.0942. The monoisotopic (exact) mass is 564 g/mol. The second-order valence-electron chi connectivity index (χ2n) is 11.1. The molecule has 5 aromatic rings. The Hall–Kier alpha value is -4.76. The zero-order valence-corrected chi connectivity index (χ0v) is 23.8. The number of phenols is 1. The quantitative estimate of drug-likeness (QED) is 0.244. The molecule has 0 aliphatic carbocycles. The van der Waals surface area contributed by atoms with E-state index in [1.165, 1.54) is 18.2 Å². The Bertz CT molecular complexity index is 1720. The summed E-state index contributed by atoms with van der Waals surface area (Å²) < 4.78 is 14.3. The molecule has 1 saturated heterocycles. The van der Waals surface area contributed by atoms with Gasteiger partial charge in [0.1, 0.15) is 11.6 Å². The van der Waals surface area contributed by atoms with Gasteiger partial charge < -0.3 is 25.2 Å². The summed E-state index contributed by atoms with van der Waals surface area (Å²) in [6.45, 7) is 3.80. The molecule has 0 saturated carbocycles. The first kappa shape index (κ1) is 27.4. The molecule has 0 spiro atoms. The van der Waals surface area contributed by atoms with Crippen LogP contribution in [0.1, 0.15) is 39.6 Å². The number of fused-ring (bicyclic) bond motifs is 1. The number of H-pyrrole nitrogens is 1. The van der Waals surface area contributed by atoms with Crippen LogP contribution in [0, 0.1) is 12.7 Å². The van der Waals surface area contributed by atoms with Crippen LogP contribution < -0.4 is 10.2 Å². The Balaban J connectivity index is 1.29. The van der Waals surface area contributed by atoms with Crippen LogP contribution in [0.5, 0.6) is 5.75 Å². The van der Waals surface area contributed by atoms with Crippen molar-refractivity contribution in [3.63, 3.8) is 0 Å². The van der Waals surface area contributed by atoms with Gasteiger partial charge in [0.05, 0.1) is 24.1 Å². The fraction of sp³-hybridized carbons (Fsp3) is 0.242. The average Bonchev–Trinajstić information content (AvgIpc) is 3.65. The van der Waals surface area contributed by atoms with Crippen LogP contribution in [0.4, 0.5) is 10.1 Å². The minimum atomic E-state index is -0.827. The molecule has 2 aromatic heterocycles. The van der Waals surface area contributed by atoms with Gasteiger partial charge in [-0.3, -0.25) is 4.79 Å². The number of carbonyl (C=O) groups is 1. The number of aromatic amines is 1. The number of nitrogens with zero attached hydrogens (tertiary/aromatic N) is 4. The molecule has 1 aliphatic heterocycles. The second kappa shape index (κ2) is 11.3. The number of hydrogen-bond acceptors (Lipinski definition) is 6. The van der Waals surface area contributed by atoms with Gasteiger partial charge in [-0.25, -0.2) is 14.4 Å². The van der Waals surface area contributed by atoms with Gasteiger partial charge in [0.2, 0.25) is 0 Å². The summed E-state index contributed by atoms with van der Waals surface area (Å²) in [6.07, 6.45) is 4.76. The number of aryl methyl sites for hydroxylation is 1. The maximum absolute atomic E-state index is 14.3. The molecule has 0 bridgehead atoms. The third-order valence-corrected chi connectivity index (χ3v) is 7.93. The van der Waals surface area contributed by atoms with Gasteiger partial charge in [0.15, 0.2) is 5.82 Å². The standard InChI is InChI=1S/C33H33FN6O2/c1-20-12-22(32-35-17-26(18-36-32)40-11-10-25(19-40)39(2)3)14-23(13-20)33(42)38-31(27-16-24(34)8-9-30(27)41)29-15-21-6-4-5-7-28(21)37-29/h4-9,12-18,25,31,37,41H,10-11,19H2,1-3H3,(H,38,42)/t25-,31?/m1/s1. The van der Waals surface area contributed by atoms with Gasteiger partial charge in [-0.15, -0.1) is 0 Å². The molecule has 2 atom stereocenters. The first-order valence-electron chi connectivity index (χ1n) is 14.0. The number of phenolic OH excluding ortho intramolecular Hbond substituents is 1. The van der Waals surface area contributed by atoms with Gasteiger partial charge in [-0.2, -0.15) is 0 Å². The summed E-state index contributed by atoms with van der Waals surface area (Å²) >= 11 is 0. The molecule has 42 heavy (non-hydrogen) atoms. The van der Waals surface area contributed by atoms with Crippen molar-refractivity contribution in [2.45, 2.75) is 25.4 Å². The summed E-state index contributed by atoms with van der Waals surface area (Å²) in [5.74, 6) is -0.484. The zero-order chi connectivity index (χ0) is 29.4. The molecule has 0 radical (unpaired) electrons. The molecule has 1 fully saturated rings. The van der Waals surface area contributed by atoms with Crippen molar-refractivity contribution in [3.05, 3.63) is 107 Å². The number of likely N-dealkylation sites (N-methyl/N-ethyl adjacent to an activating group) is 1. The largest absolute Gasteiger partial charge is 0.508 e. The van der Waals surface area contributed by atoms with E-state index in [0.717, 1.165) is 47.2 Å². The van der Waals surface area contributed by atoms with Crippen LogP contribution in [0.2, 0.25) is 0 Å². The molecule has 214 valence electrons. The maximum atomic E-state index is 14.3. The highest BCUT2D eigenvalue weighted by atomic mass is 19.1. The van der Waals surface area contributed by atoms with Gasteiger partial charge in [0, 0.05) is 47.0 Å². The molecule has 1 aliphatic rings. The van der Waals surface area contributed by atoms with Crippen LogP contribution in [0.3, 0.4) is 0 Å². The van der Waals surface area contributed by atoms with E-state index in [1.54, 1.807) is 12.1 Å². The van der Waals surface area contributed by atoms with E-state index in [2.05, 4.69) is 44.2 Å². The summed E-state index contributed by atoms with van der Waals surface area (Å²) in [5, 5.41) is 14.6. The number of hydrogen-bond donors (Lipinski definition) is 3. The van der Waals surface area contributed by atoms with Gasteiger partial charge in [-0.1, -0.05) is 18.2 Å². The number of benzene rings is 3. The van der Waals surface area contributed by atoms with E-state index in [-0.39, 0.29) is 17.2 Å². The minimum absolute atomic E-state index is 0.117. The predicted octanol–water partition coefficient (Wildman–Crippen LogP) is 5.44. The van der Waals surface area contributed by atoms with Crippen LogP contribution in [-0.2, 0) is 0 Å². The Kier molecular flexibility index (Phi) is 7.34. The van der Waals surface area contributed by atoms with Crippen molar-refractivity contribution in [2.75, 3.05) is 32.1 Å². The average molecular weight is 565 g/mol. The lowest BCUT2D eigenvalue weighted by Gasteiger charge is -2.21. The zero-order valence-electron chi connectivity index (χ0n) is 23.8. The van der Waals surface area contributed by atoms with Crippen LogP contribution in [0.15, 0.2) is 79.1 Å². The fourth-order valence-corrected chi connectivity index (χ4v) is 5.62. The van der Waals surface area contributed by atoms with Gasteiger partial charge in [0.25, 0.3) is 5.91 Å². The number of para-hydroxylation sites is 1. The van der Waals surface area contributed by atoms with Crippen LogP contribution >= 0.6 is 0 Å². The smallest absolute Gasteiger partial charge is 0.252 e.